The van der Waals surface area contributed by atoms with Crippen LogP contribution in [0, 0.1) is 0 Å². The summed E-state index contributed by atoms with van der Waals surface area (Å²) in [5.41, 5.74) is 0.977. The number of aromatic amines is 1. The van der Waals surface area contributed by atoms with Gasteiger partial charge in [-0.3, -0.25) is 9.55 Å². The minimum atomic E-state index is -0.414. The van der Waals surface area contributed by atoms with Crippen molar-refractivity contribution in [3.63, 3.8) is 0 Å². The Labute approximate surface area is 125 Å². The lowest BCUT2D eigenvalue weighted by atomic mass is 10.2. The van der Waals surface area contributed by atoms with Gasteiger partial charge in [-0.25, -0.2) is 14.7 Å². The number of nitrogens with zero attached hydrogens (tertiary/aromatic N) is 3. The normalized spacial score (nSPS) is 10.9. The predicted molar refractivity (Wildman–Crippen MR) is 78.4 cm³/mol. The predicted octanol–water partition coefficient (Wildman–Crippen LogP) is 1.63. The standard InChI is InChI=1S/C13H16N4O3S/c1-8(2)17-12(19)15-16-13(17)21-7-10-5-4-9(6-14-10)11(18)20-3/h4-6,8H,7H2,1-3H3,(H,15,19). The topological polar surface area (TPSA) is 89.9 Å². The lowest BCUT2D eigenvalue weighted by Crippen LogP contribution is -2.19. The van der Waals surface area contributed by atoms with Crippen LogP contribution in [-0.4, -0.2) is 32.8 Å². The van der Waals surface area contributed by atoms with E-state index in [1.165, 1.54) is 25.1 Å². The molecule has 0 aliphatic rings. The third-order valence-corrected chi connectivity index (χ3v) is 3.77. The van der Waals surface area contributed by atoms with E-state index in [0.717, 1.165) is 5.69 Å². The number of hydrogen-bond donors (Lipinski definition) is 1. The zero-order valence-electron chi connectivity index (χ0n) is 12.0. The minimum absolute atomic E-state index is 0.0356. The van der Waals surface area contributed by atoms with Crippen molar-refractivity contribution in [3.05, 3.63) is 40.1 Å². The van der Waals surface area contributed by atoms with Crippen molar-refractivity contribution >= 4 is 17.7 Å². The molecule has 2 heterocycles. The molecule has 2 aromatic rings. The van der Waals surface area contributed by atoms with Crippen LogP contribution in [0.4, 0.5) is 0 Å². The van der Waals surface area contributed by atoms with Gasteiger partial charge >= 0.3 is 11.7 Å². The quantitative estimate of drug-likeness (QED) is 0.667. The Kier molecular flexibility index (Phi) is 4.79. The number of carbonyl (C=O) groups is 1. The van der Waals surface area contributed by atoms with Crippen LogP contribution in [0.3, 0.4) is 0 Å². The van der Waals surface area contributed by atoms with Crippen molar-refractivity contribution in [2.24, 2.45) is 0 Å². The summed E-state index contributed by atoms with van der Waals surface area (Å²) in [6.07, 6.45) is 1.47. The molecule has 0 spiro atoms. The molecule has 1 N–H and O–H groups in total. The number of ether oxygens (including phenoxy) is 1. The molecule has 0 bridgehead atoms. The molecule has 21 heavy (non-hydrogen) atoms. The number of esters is 1. The van der Waals surface area contributed by atoms with Crippen LogP contribution < -0.4 is 5.69 Å². The second kappa shape index (κ2) is 6.57. The average Bonchev–Trinajstić information content (AvgIpc) is 2.86. The first kappa shape index (κ1) is 15.3. The highest BCUT2D eigenvalue weighted by Gasteiger charge is 2.12. The third kappa shape index (κ3) is 3.52. The highest BCUT2D eigenvalue weighted by molar-refractivity contribution is 7.98. The van der Waals surface area contributed by atoms with Crippen LogP contribution in [-0.2, 0) is 10.5 Å². The number of aromatic nitrogens is 4. The number of rotatable bonds is 5. The van der Waals surface area contributed by atoms with Gasteiger partial charge in [-0.1, -0.05) is 11.8 Å². The van der Waals surface area contributed by atoms with Crippen molar-refractivity contribution in [2.45, 2.75) is 30.8 Å². The Morgan fingerprint density at radius 1 is 1.48 bits per heavy atom. The molecule has 0 radical (unpaired) electrons. The second-order valence-electron chi connectivity index (χ2n) is 4.59. The van der Waals surface area contributed by atoms with Gasteiger partial charge in [0.25, 0.3) is 0 Å². The summed E-state index contributed by atoms with van der Waals surface area (Å²) < 4.78 is 6.20. The van der Waals surface area contributed by atoms with Crippen LogP contribution >= 0.6 is 11.8 Å². The van der Waals surface area contributed by atoms with E-state index in [1.54, 1.807) is 16.7 Å². The molecule has 8 heteroatoms. The number of pyridine rings is 1. The van der Waals surface area contributed by atoms with E-state index in [1.807, 2.05) is 13.8 Å². The van der Waals surface area contributed by atoms with Crippen molar-refractivity contribution in [1.29, 1.82) is 0 Å². The smallest absolute Gasteiger partial charge is 0.344 e. The van der Waals surface area contributed by atoms with Crippen molar-refractivity contribution in [1.82, 2.24) is 19.7 Å². The highest BCUT2D eigenvalue weighted by Crippen LogP contribution is 2.20. The second-order valence-corrected chi connectivity index (χ2v) is 5.54. The largest absolute Gasteiger partial charge is 0.465 e. The zero-order chi connectivity index (χ0) is 15.4. The van der Waals surface area contributed by atoms with Crippen molar-refractivity contribution in [3.8, 4) is 0 Å². The maximum absolute atomic E-state index is 11.6. The van der Waals surface area contributed by atoms with Gasteiger partial charge in [0.15, 0.2) is 5.16 Å². The number of nitrogens with one attached hydrogen (secondary N) is 1. The summed E-state index contributed by atoms with van der Waals surface area (Å²) in [7, 11) is 1.33. The molecule has 0 aliphatic carbocycles. The van der Waals surface area contributed by atoms with Gasteiger partial charge in [0, 0.05) is 18.0 Å². The molecule has 2 rings (SSSR count). The molecule has 2 aromatic heterocycles. The van der Waals surface area contributed by atoms with E-state index < -0.39 is 5.97 Å². The molecule has 0 atom stereocenters. The molecule has 112 valence electrons. The molecular formula is C13H16N4O3S. The number of methoxy groups -OCH3 is 1. The maximum Gasteiger partial charge on any atom is 0.344 e. The third-order valence-electron chi connectivity index (χ3n) is 2.78. The number of H-pyrrole nitrogens is 1. The Balaban J connectivity index is 2.07. The number of thioether (sulfide) groups is 1. The highest BCUT2D eigenvalue weighted by atomic mass is 32.2. The molecule has 0 saturated heterocycles. The minimum Gasteiger partial charge on any atom is -0.465 e. The van der Waals surface area contributed by atoms with Gasteiger partial charge in [0.1, 0.15) is 0 Å². The number of hydrogen-bond acceptors (Lipinski definition) is 6. The molecular weight excluding hydrogens is 292 g/mol. The van der Waals surface area contributed by atoms with E-state index in [2.05, 4.69) is 19.9 Å². The van der Waals surface area contributed by atoms with Gasteiger partial charge in [-0.2, -0.15) is 0 Å². The van der Waals surface area contributed by atoms with E-state index >= 15 is 0 Å². The van der Waals surface area contributed by atoms with E-state index in [0.29, 0.717) is 16.5 Å². The monoisotopic (exact) mass is 308 g/mol. The zero-order valence-corrected chi connectivity index (χ0v) is 12.8. The molecule has 0 aromatic carbocycles. The molecule has 0 amide bonds. The van der Waals surface area contributed by atoms with Crippen LogP contribution in [0.15, 0.2) is 28.3 Å². The van der Waals surface area contributed by atoms with E-state index in [-0.39, 0.29) is 11.7 Å². The summed E-state index contributed by atoms with van der Waals surface area (Å²) in [6, 6.07) is 3.45. The summed E-state index contributed by atoms with van der Waals surface area (Å²) in [5, 5.41) is 7.06. The van der Waals surface area contributed by atoms with Gasteiger partial charge in [-0.05, 0) is 26.0 Å². The molecule has 7 nitrogen and oxygen atoms in total. The Hall–Kier alpha value is -2.09. The fourth-order valence-electron chi connectivity index (χ4n) is 1.73. The van der Waals surface area contributed by atoms with Crippen LogP contribution in [0.25, 0.3) is 0 Å². The molecule has 0 aliphatic heterocycles. The first-order chi connectivity index (χ1) is 10.0. The maximum atomic E-state index is 11.6. The van der Waals surface area contributed by atoms with E-state index in [9.17, 15) is 9.59 Å². The Bertz CT molecular complexity index is 675. The first-order valence-corrected chi connectivity index (χ1v) is 7.34. The summed E-state index contributed by atoms with van der Waals surface area (Å²) >= 11 is 1.41. The van der Waals surface area contributed by atoms with Gasteiger partial charge in [0.2, 0.25) is 0 Å². The summed E-state index contributed by atoms with van der Waals surface area (Å²) in [4.78, 5) is 27.1. The Morgan fingerprint density at radius 2 is 2.24 bits per heavy atom. The SMILES string of the molecule is COC(=O)c1ccc(CSc2n[nH]c(=O)n2C(C)C)nc1. The van der Waals surface area contributed by atoms with Crippen LogP contribution in [0.2, 0.25) is 0 Å². The lowest BCUT2D eigenvalue weighted by Gasteiger charge is -2.08. The van der Waals surface area contributed by atoms with Gasteiger partial charge in [-0.15, -0.1) is 5.10 Å². The van der Waals surface area contributed by atoms with Gasteiger partial charge < -0.3 is 4.74 Å². The average molecular weight is 308 g/mol. The summed E-state index contributed by atoms with van der Waals surface area (Å²) in [6.45, 7) is 3.84. The molecule has 0 fully saturated rings. The fourth-order valence-corrected chi connectivity index (χ4v) is 2.73. The Morgan fingerprint density at radius 3 is 2.81 bits per heavy atom. The fraction of sp³-hybridized carbons (Fsp3) is 0.385. The summed E-state index contributed by atoms with van der Waals surface area (Å²) in [5.74, 6) is 0.140. The van der Waals surface area contributed by atoms with E-state index in [4.69, 9.17) is 0 Å². The van der Waals surface area contributed by atoms with Crippen LogP contribution in [0.1, 0.15) is 35.9 Å². The molecule has 0 saturated carbocycles. The lowest BCUT2D eigenvalue weighted by molar-refractivity contribution is 0.0600. The first-order valence-electron chi connectivity index (χ1n) is 6.36. The van der Waals surface area contributed by atoms with Crippen LogP contribution in [0.5, 0.6) is 0 Å². The van der Waals surface area contributed by atoms with Crippen molar-refractivity contribution in [2.75, 3.05) is 7.11 Å². The van der Waals surface area contributed by atoms with Crippen molar-refractivity contribution < 1.29 is 9.53 Å². The molecule has 0 unspecified atom stereocenters. The van der Waals surface area contributed by atoms with Gasteiger partial charge in [0.05, 0.1) is 18.4 Å². The number of carbonyl (C=O) groups excluding carboxylic acids is 1.